The Morgan fingerprint density at radius 3 is 2.53 bits per heavy atom. The number of rotatable bonds is 8. The lowest BCUT2D eigenvalue weighted by Crippen LogP contribution is -2.40. The van der Waals surface area contributed by atoms with E-state index in [9.17, 15) is 14.4 Å². The summed E-state index contributed by atoms with van der Waals surface area (Å²) in [5.74, 6) is -0.173. The van der Waals surface area contributed by atoms with Crippen molar-refractivity contribution in [1.82, 2.24) is 9.88 Å². The molecule has 0 spiro atoms. The molecule has 0 bridgehead atoms. The average Bonchev–Trinajstić information content (AvgIpc) is 3.51. The van der Waals surface area contributed by atoms with Gasteiger partial charge in [-0.3, -0.25) is 4.79 Å². The summed E-state index contributed by atoms with van der Waals surface area (Å²) in [6.45, 7) is 5.34. The molecule has 2 aromatic rings. The molecule has 8 heteroatoms. The molecule has 2 amide bonds. The maximum atomic E-state index is 13.1. The quantitative estimate of drug-likeness (QED) is 0.508. The first-order chi connectivity index (χ1) is 14.4. The molecule has 0 unspecified atom stereocenters. The number of amides is 2. The van der Waals surface area contributed by atoms with Crippen LogP contribution in [0.3, 0.4) is 0 Å². The van der Waals surface area contributed by atoms with Crippen LogP contribution in [0.5, 0.6) is 5.75 Å². The molecule has 3 rings (SSSR count). The SMILES string of the molecule is CCOC(=O)c1[nH]c(C)c(C(=O)CN(C(=O)Nc2ccccc2OC)C2CC2)c1C. The molecule has 0 atom stereocenters. The number of benzene rings is 1. The normalized spacial score (nSPS) is 12.9. The third-order valence-electron chi connectivity index (χ3n) is 5.11. The highest BCUT2D eigenvalue weighted by molar-refractivity contribution is 6.05. The molecule has 8 nitrogen and oxygen atoms in total. The number of esters is 1. The number of para-hydroxylation sites is 2. The number of aromatic nitrogens is 1. The molecule has 1 aromatic carbocycles. The molecule has 0 radical (unpaired) electrons. The number of hydrogen-bond acceptors (Lipinski definition) is 5. The number of aryl methyl sites for hydroxylation is 1. The summed E-state index contributed by atoms with van der Waals surface area (Å²) in [6, 6.07) is 6.78. The van der Waals surface area contributed by atoms with Crippen LogP contribution in [0.15, 0.2) is 24.3 Å². The van der Waals surface area contributed by atoms with Crippen LogP contribution in [-0.4, -0.2) is 54.0 Å². The molecular formula is C22H27N3O5. The first-order valence-electron chi connectivity index (χ1n) is 9.97. The van der Waals surface area contributed by atoms with Gasteiger partial charge in [0.15, 0.2) is 5.78 Å². The molecule has 2 N–H and O–H groups in total. The van der Waals surface area contributed by atoms with Crippen LogP contribution in [0, 0.1) is 13.8 Å². The largest absolute Gasteiger partial charge is 0.495 e. The standard InChI is InChI=1S/C22H27N3O5/c1-5-30-21(27)20-13(2)19(14(3)23-20)17(26)12-25(15-10-11-15)22(28)24-16-8-6-7-9-18(16)29-4/h6-9,15,23H,5,10-12H2,1-4H3,(H,24,28). The van der Waals surface area contributed by atoms with E-state index in [0.29, 0.717) is 28.3 Å². The highest BCUT2D eigenvalue weighted by Gasteiger charge is 2.35. The van der Waals surface area contributed by atoms with Crippen molar-refractivity contribution >= 4 is 23.5 Å². The van der Waals surface area contributed by atoms with E-state index in [4.69, 9.17) is 9.47 Å². The van der Waals surface area contributed by atoms with Gasteiger partial charge in [-0.1, -0.05) is 12.1 Å². The van der Waals surface area contributed by atoms with Gasteiger partial charge in [-0.15, -0.1) is 0 Å². The molecule has 160 valence electrons. The number of aromatic amines is 1. The number of nitrogens with zero attached hydrogens (tertiary/aromatic N) is 1. The predicted molar refractivity (Wildman–Crippen MR) is 112 cm³/mol. The summed E-state index contributed by atoms with van der Waals surface area (Å²) in [7, 11) is 1.53. The second-order valence-electron chi connectivity index (χ2n) is 7.26. The topological polar surface area (TPSA) is 101 Å². The van der Waals surface area contributed by atoms with Gasteiger partial charge in [0.25, 0.3) is 0 Å². The summed E-state index contributed by atoms with van der Waals surface area (Å²) in [5.41, 5.74) is 2.36. The average molecular weight is 413 g/mol. The molecule has 30 heavy (non-hydrogen) atoms. The number of hydrogen-bond donors (Lipinski definition) is 2. The number of ketones is 1. The Morgan fingerprint density at radius 2 is 1.90 bits per heavy atom. The van der Waals surface area contributed by atoms with Crippen molar-refractivity contribution in [3.63, 3.8) is 0 Å². The van der Waals surface area contributed by atoms with E-state index < -0.39 is 5.97 Å². The van der Waals surface area contributed by atoms with Gasteiger partial charge in [0.05, 0.1) is 25.9 Å². The first kappa shape index (κ1) is 21.4. The van der Waals surface area contributed by atoms with Crippen LogP contribution in [0.2, 0.25) is 0 Å². The Kier molecular flexibility index (Phi) is 6.44. The van der Waals surface area contributed by atoms with Gasteiger partial charge in [-0.2, -0.15) is 0 Å². The number of H-pyrrole nitrogens is 1. The zero-order chi connectivity index (χ0) is 21.8. The van der Waals surface area contributed by atoms with Crippen molar-refractivity contribution in [3.05, 3.63) is 46.8 Å². The smallest absolute Gasteiger partial charge is 0.355 e. The van der Waals surface area contributed by atoms with Crippen molar-refractivity contribution in [1.29, 1.82) is 0 Å². The number of carbonyl (C=O) groups is 3. The fourth-order valence-electron chi connectivity index (χ4n) is 3.50. The van der Waals surface area contributed by atoms with Crippen LogP contribution in [0.1, 0.15) is 51.9 Å². The minimum atomic E-state index is -0.495. The lowest BCUT2D eigenvalue weighted by atomic mass is 10.1. The van der Waals surface area contributed by atoms with Gasteiger partial charge < -0.3 is 24.7 Å². The van der Waals surface area contributed by atoms with Crippen LogP contribution in [-0.2, 0) is 4.74 Å². The van der Waals surface area contributed by atoms with E-state index in [-0.39, 0.29) is 36.7 Å². The van der Waals surface area contributed by atoms with Gasteiger partial charge in [0, 0.05) is 17.3 Å². The van der Waals surface area contributed by atoms with Crippen molar-refractivity contribution < 1.29 is 23.9 Å². The van der Waals surface area contributed by atoms with E-state index in [2.05, 4.69) is 10.3 Å². The highest BCUT2D eigenvalue weighted by atomic mass is 16.5. The lowest BCUT2D eigenvalue weighted by Gasteiger charge is -2.23. The summed E-state index contributed by atoms with van der Waals surface area (Å²) in [4.78, 5) is 42.6. The molecule has 1 aliphatic rings. The third kappa shape index (κ3) is 4.48. The number of ether oxygens (including phenoxy) is 2. The van der Waals surface area contributed by atoms with Gasteiger partial charge in [0.1, 0.15) is 11.4 Å². The highest BCUT2D eigenvalue weighted by Crippen LogP contribution is 2.30. The van der Waals surface area contributed by atoms with Crippen LogP contribution in [0.25, 0.3) is 0 Å². The molecular weight excluding hydrogens is 386 g/mol. The first-order valence-corrected chi connectivity index (χ1v) is 9.97. The minimum Gasteiger partial charge on any atom is -0.495 e. The second-order valence-corrected chi connectivity index (χ2v) is 7.26. The molecule has 0 saturated heterocycles. The fraction of sp³-hybridized carbons (Fsp3) is 0.409. The number of Topliss-reactive ketones (excluding diaryl/α,β-unsaturated/α-hetero) is 1. The van der Waals surface area contributed by atoms with Gasteiger partial charge in [0.2, 0.25) is 0 Å². The fourth-order valence-corrected chi connectivity index (χ4v) is 3.50. The van der Waals surface area contributed by atoms with Crippen molar-refractivity contribution in [2.75, 3.05) is 25.6 Å². The Morgan fingerprint density at radius 1 is 1.20 bits per heavy atom. The Labute approximate surface area is 175 Å². The Balaban J connectivity index is 1.78. The summed E-state index contributed by atoms with van der Waals surface area (Å²) in [6.07, 6.45) is 1.71. The summed E-state index contributed by atoms with van der Waals surface area (Å²) < 4.78 is 10.3. The Bertz CT molecular complexity index is 962. The van der Waals surface area contributed by atoms with Crippen molar-refractivity contribution in [2.45, 2.75) is 39.7 Å². The van der Waals surface area contributed by atoms with E-state index in [1.54, 1.807) is 43.9 Å². The van der Waals surface area contributed by atoms with Gasteiger partial charge in [-0.25, -0.2) is 9.59 Å². The van der Waals surface area contributed by atoms with E-state index >= 15 is 0 Å². The number of anilines is 1. The summed E-state index contributed by atoms with van der Waals surface area (Å²) >= 11 is 0. The maximum absolute atomic E-state index is 13.1. The minimum absolute atomic E-state index is 0.0211. The van der Waals surface area contributed by atoms with Crippen LogP contribution in [0.4, 0.5) is 10.5 Å². The molecule has 0 aliphatic heterocycles. The number of carbonyl (C=O) groups excluding carboxylic acids is 3. The monoisotopic (exact) mass is 413 g/mol. The van der Waals surface area contributed by atoms with Crippen LogP contribution >= 0.6 is 0 Å². The molecule has 1 saturated carbocycles. The third-order valence-corrected chi connectivity index (χ3v) is 5.11. The number of nitrogens with one attached hydrogen (secondary N) is 2. The van der Waals surface area contributed by atoms with Gasteiger partial charge >= 0.3 is 12.0 Å². The zero-order valence-electron chi connectivity index (χ0n) is 17.7. The molecule has 1 aromatic heterocycles. The second kappa shape index (κ2) is 9.02. The zero-order valence-corrected chi connectivity index (χ0v) is 17.7. The molecule has 1 fully saturated rings. The molecule has 1 aliphatic carbocycles. The van der Waals surface area contributed by atoms with E-state index in [0.717, 1.165) is 12.8 Å². The predicted octanol–water partition coefficient (Wildman–Crippen LogP) is 3.70. The lowest BCUT2D eigenvalue weighted by molar-refractivity contribution is 0.0519. The van der Waals surface area contributed by atoms with E-state index in [1.165, 1.54) is 7.11 Å². The number of methoxy groups -OCH3 is 1. The molecule has 1 heterocycles. The van der Waals surface area contributed by atoms with Crippen LogP contribution < -0.4 is 10.1 Å². The van der Waals surface area contributed by atoms with E-state index in [1.807, 2.05) is 6.07 Å². The maximum Gasteiger partial charge on any atom is 0.355 e. The Hall–Kier alpha value is -3.29. The summed E-state index contributed by atoms with van der Waals surface area (Å²) in [5, 5.41) is 2.84. The van der Waals surface area contributed by atoms with Gasteiger partial charge in [-0.05, 0) is 51.3 Å². The number of urea groups is 1. The van der Waals surface area contributed by atoms with Crippen molar-refractivity contribution in [2.24, 2.45) is 0 Å². The van der Waals surface area contributed by atoms with Crippen molar-refractivity contribution in [3.8, 4) is 5.75 Å².